The van der Waals surface area contributed by atoms with Gasteiger partial charge in [0.15, 0.2) is 0 Å². The summed E-state index contributed by atoms with van der Waals surface area (Å²) in [5.41, 5.74) is 3.34. The number of aryl methyl sites for hydroxylation is 2. The first-order valence-corrected chi connectivity index (χ1v) is 9.08. The highest BCUT2D eigenvalue weighted by molar-refractivity contribution is 7.91. The maximum atomic E-state index is 11.6. The largest absolute Gasteiger partial charge is 0.309 e. The van der Waals surface area contributed by atoms with Crippen molar-refractivity contribution in [2.24, 2.45) is 0 Å². The quantitative estimate of drug-likeness (QED) is 0.801. The molecule has 1 N–H and O–H groups in total. The van der Waals surface area contributed by atoms with Gasteiger partial charge in [-0.2, -0.15) is 0 Å². The zero-order valence-corrected chi connectivity index (χ0v) is 13.8. The Morgan fingerprint density at radius 3 is 2.55 bits per heavy atom. The second-order valence-electron chi connectivity index (χ2n) is 5.20. The molecule has 0 saturated heterocycles. The zero-order chi connectivity index (χ0) is 15.2. The molecule has 0 bridgehead atoms. The first-order valence-electron chi connectivity index (χ1n) is 7.26. The number of pyridine rings is 1. The van der Waals surface area contributed by atoms with Gasteiger partial charge in [0.25, 0.3) is 0 Å². The van der Waals surface area contributed by atoms with Gasteiger partial charge in [0.1, 0.15) is 9.84 Å². The van der Waals surface area contributed by atoms with Crippen molar-refractivity contribution in [2.45, 2.75) is 46.6 Å². The van der Waals surface area contributed by atoms with Crippen molar-refractivity contribution in [3.63, 3.8) is 0 Å². The van der Waals surface area contributed by atoms with Crippen molar-refractivity contribution in [2.75, 3.05) is 18.1 Å². The minimum atomic E-state index is -2.88. The number of hydrogen-bond donors (Lipinski definition) is 1. The zero-order valence-electron chi connectivity index (χ0n) is 12.9. The van der Waals surface area contributed by atoms with E-state index in [0.29, 0.717) is 6.42 Å². The lowest BCUT2D eigenvalue weighted by atomic mass is 10.0. The summed E-state index contributed by atoms with van der Waals surface area (Å²) in [5, 5.41) is 3.41. The van der Waals surface area contributed by atoms with Crippen molar-refractivity contribution in [3.8, 4) is 0 Å². The molecule has 0 aliphatic carbocycles. The van der Waals surface area contributed by atoms with E-state index in [1.807, 2.05) is 13.1 Å². The molecule has 0 fully saturated rings. The minimum Gasteiger partial charge on any atom is -0.309 e. The van der Waals surface area contributed by atoms with Crippen LogP contribution in [0.5, 0.6) is 0 Å². The molecule has 0 aliphatic rings. The third kappa shape index (κ3) is 5.21. The van der Waals surface area contributed by atoms with Crippen LogP contribution in [-0.4, -0.2) is 31.5 Å². The number of nitrogens with one attached hydrogen (secondary N) is 1. The summed E-state index contributed by atoms with van der Waals surface area (Å²) in [5.74, 6) is 0.483. The molecule has 1 rings (SSSR count). The van der Waals surface area contributed by atoms with Crippen LogP contribution in [0.4, 0.5) is 0 Å². The van der Waals surface area contributed by atoms with E-state index in [1.54, 1.807) is 6.92 Å². The molecule has 1 unspecified atom stereocenters. The van der Waals surface area contributed by atoms with Crippen LogP contribution in [0.25, 0.3) is 0 Å². The highest BCUT2D eigenvalue weighted by atomic mass is 32.2. The molecule has 20 heavy (non-hydrogen) atoms. The highest BCUT2D eigenvalue weighted by Gasteiger charge is 2.16. The maximum absolute atomic E-state index is 11.6. The number of rotatable bonds is 8. The monoisotopic (exact) mass is 298 g/mol. The van der Waals surface area contributed by atoms with Crippen LogP contribution in [0.3, 0.4) is 0 Å². The van der Waals surface area contributed by atoms with Gasteiger partial charge in [-0.25, -0.2) is 8.42 Å². The second kappa shape index (κ2) is 7.74. The lowest BCUT2D eigenvalue weighted by Crippen LogP contribution is -2.23. The molecule has 5 heteroatoms. The Hall–Kier alpha value is -0.940. The molecular formula is C15H26N2O2S. The molecule has 114 valence electrons. The van der Waals surface area contributed by atoms with E-state index in [4.69, 9.17) is 0 Å². The fourth-order valence-electron chi connectivity index (χ4n) is 2.32. The minimum absolute atomic E-state index is 0.132. The van der Waals surface area contributed by atoms with Crippen molar-refractivity contribution in [3.05, 3.63) is 29.1 Å². The molecule has 0 aliphatic heterocycles. The Bertz CT molecular complexity index is 527. The summed E-state index contributed by atoms with van der Waals surface area (Å²) < 4.78 is 23.1. The van der Waals surface area contributed by atoms with Gasteiger partial charge in [0.2, 0.25) is 0 Å². The van der Waals surface area contributed by atoms with Gasteiger partial charge in [-0.3, -0.25) is 4.98 Å². The molecule has 1 aromatic rings. The normalized spacial score (nSPS) is 13.4. The molecular weight excluding hydrogens is 272 g/mol. The predicted molar refractivity (Wildman–Crippen MR) is 83.7 cm³/mol. The summed E-state index contributed by atoms with van der Waals surface area (Å²) in [6.07, 6.45) is 3.34. The lowest BCUT2D eigenvalue weighted by molar-refractivity contribution is 0.493. The Morgan fingerprint density at radius 1 is 1.30 bits per heavy atom. The molecule has 0 spiro atoms. The van der Waals surface area contributed by atoms with E-state index in [9.17, 15) is 8.42 Å². The Morgan fingerprint density at radius 2 is 2.00 bits per heavy atom. The molecule has 0 aromatic carbocycles. The van der Waals surface area contributed by atoms with Crippen molar-refractivity contribution in [1.82, 2.24) is 10.3 Å². The van der Waals surface area contributed by atoms with Crippen LogP contribution < -0.4 is 5.32 Å². The highest BCUT2D eigenvalue weighted by Crippen LogP contribution is 2.21. The maximum Gasteiger partial charge on any atom is 0.150 e. The van der Waals surface area contributed by atoms with Crippen LogP contribution in [0, 0.1) is 13.8 Å². The van der Waals surface area contributed by atoms with Crippen LogP contribution in [-0.2, 0) is 9.84 Å². The number of sulfone groups is 1. The van der Waals surface area contributed by atoms with Crippen LogP contribution in [0.2, 0.25) is 0 Å². The average molecular weight is 298 g/mol. The van der Waals surface area contributed by atoms with Gasteiger partial charge in [0.05, 0.1) is 11.4 Å². The number of nitrogens with zero attached hydrogens (tertiary/aromatic N) is 1. The van der Waals surface area contributed by atoms with E-state index >= 15 is 0 Å². The summed E-state index contributed by atoms with van der Waals surface area (Å²) in [4.78, 5) is 4.52. The number of hydrogen-bond acceptors (Lipinski definition) is 4. The van der Waals surface area contributed by atoms with Gasteiger partial charge in [-0.15, -0.1) is 0 Å². The van der Waals surface area contributed by atoms with Crippen LogP contribution in [0.15, 0.2) is 12.3 Å². The molecule has 0 amide bonds. The molecule has 0 radical (unpaired) electrons. The van der Waals surface area contributed by atoms with Crippen molar-refractivity contribution >= 4 is 9.84 Å². The lowest BCUT2D eigenvalue weighted by Gasteiger charge is -2.19. The third-order valence-electron chi connectivity index (χ3n) is 3.42. The van der Waals surface area contributed by atoms with Gasteiger partial charge >= 0.3 is 0 Å². The Kier molecular flexibility index (Phi) is 6.62. The van der Waals surface area contributed by atoms with Crippen LogP contribution in [0.1, 0.15) is 49.6 Å². The Labute approximate surface area is 122 Å². The first-order chi connectivity index (χ1) is 9.39. The van der Waals surface area contributed by atoms with E-state index in [-0.39, 0.29) is 17.5 Å². The summed E-state index contributed by atoms with van der Waals surface area (Å²) >= 11 is 0. The second-order valence-corrected chi connectivity index (χ2v) is 7.68. The molecule has 0 saturated carbocycles. The first kappa shape index (κ1) is 17.1. The van der Waals surface area contributed by atoms with Gasteiger partial charge in [-0.05, 0) is 44.4 Å². The van der Waals surface area contributed by atoms with E-state index in [1.165, 1.54) is 0 Å². The fourth-order valence-corrected chi connectivity index (χ4v) is 3.22. The standard InChI is InChI=1S/C15H26N2O2S/c1-5-16-14(8-7-9-20(18,19)6-2)15-13(4)10-12(3)11-17-15/h10-11,14,16H,5-9H2,1-4H3. The van der Waals surface area contributed by atoms with Crippen molar-refractivity contribution < 1.29 is 8.42 Å². The summed E-state index contributed by atoms with van der Waals surface area (Å²) in [7, 11) is -2.88. The number of aromatic nitrogens is 1. The average Bonchev–Trinajstić information content (AvgIpc) is 2.38. The van der Waals surface area contributed by atoms with Gasteiger partial charge < -0.3 is 5.32 Å². The van der Waals surface area contributed by atoms with E-state index in [2.05, 4.69) is 30.2 Å². The summed E-state index contributed by atoms with van der Waals surface area (Å²) in [6.45, 7) is 8.69. The fraction of sp³-hybridized carbons (Fsp3) is 0.667. The SMILES string of the molecule is CCNC(CCCS(=O)(=O)CC)c1ncc(C)cc1C. The smallest absolute Gasteiger partial charge is 0.150 e. The molecule has 4 nitrogen and oxygen atoms in total. The van der Waals surface area contributed by atoms with Crippen molar-refractivity contribution in [1.29, 1.82) is 0 Å². The van der Waals surface area contributed by atoms with E-state index in [0.717, 1.165) is 29.8 Å². The predicted octanol–water partition coefficient (Wildman–Crippen LogP) is 2.56. The van der Waals surface area contributed by atoms with Gasteiger partial charge in [0, 0.05) is 18.0 Å². The molecule has 1 atom stereocenters. The Balaban J connectivity index is 2.74. The molecule has 1 heterocycles. The topological polar surface area (TPSA) is 59.1 Å². The van der Waals surface area contributed by atoms with Gasteiger partial charge in [-0.1, -0.05) is 19.9 Å². The molecule has 1 aromatic heterocycles. The van der Waals surface area contributed by atoms with E-state index < -0.39 is 9.84 Å². The summed E-state index contributed by atoms with van der Waals surface area (Å²) in [6, 6.07) is 2.25. The third-order valence-corrected chi connectivity index (χ3v) is 5.21. The van der Waals surface area contributed by atoms with Crippen LogP contribution >= 0.6 is 0 Å².